The molecule has 1 fully saturated rings. The van der Waals surface area contributed by atoms with Crippen LogP contribution in [0.5, 0.6) is 0 Å². The Labute approximate surface area is 67.4 Å². The maximum Gasteiger partial charge on any atom is 0.216 e. The molecule has 0 aromatic heterocycles. The second kappa shape index (κ2) is 2.73. The summed E-state index contributed by atoms with van der Waals surface area (Å²) in [6, 6.07) is 0.0923. The van der Waals surface area contributed by atoms with E-state index in [1.807, 2.05) is 0 Å². The molecule has 0 radical (unpaired) electrons. The lowest BCUT2D eigenvalue weighted by Gasteiger charge is -2.33. The standard InChI is InChI=1S/C6H14N2O2S/c1-8(2)11(9,10)6-3-5(7)4-6/h5-6H,3-4,7H2,1-2H3. The lowest BCUT2D eigenvalue weighted by molar-refractivity contribution is 0.389. The predicted molar refractivity (Wildman–Crippen MR) is 43.6 cm³/mol. The third kappa shape index (κ3) is 1.55. The summed E-state index contributed by atoms with van der Waals surface area (Å²) in [6.45, 7) is 0. The fraction of sp³-hybridized carbons (Fsp3) is 1.00. The molecule has 0 aromatic rings. The van der Waals surface area contributed by atoms with Crippen LogP contribution >= 0.6 is 0 Å². The van der Waals surface area contributed by atoms with E-state index in [2.05, 4.69) is 0 Å². The van der Waals surface area contributed by atoms with Gasteiger partial charge in [0.15, 0.2) is 0 Å². The molecule has 4 nitrogen and oxygen atoms in total. The summed E-state index contributed by atoms with van der Waals surface area (Å²) in [5.74, 6) is 0. The molecular weight excluding hydrogens is 164 g/mol. The van der Waals surface area contributed by atoms with Gasteiger partial charge in [0.1, 0.15) is 0 Å². The van der Waals surface area contributed by atoms with Crippen molar-refractivity contribution >= 4 is 10.0 Å². The first-order valence-electron chi connectivity index (χ1n) is 3.61. The van der Waals surface area contributed by atoms with Crippen molar-refractivity contribution in [1.29, 1.82) is 0 Å². The van der Waals surface area contributed by atoms with Gasteiger partial charge in [0.05, 0.1) is 5.25 Å². The van der Waals surface area contributed by atoms with E-state index in [9.17, 15) is 8.42 Å². The molecule has 0 spiro atoms. The quantitative estimate of drug-likeness (QED) is 0.612. The minimum absolute atomic E-state index is 0.0923. The number of hydrogen-bond donors (Lipinski definition) is 1. The van der Waals surface area contributed by atoms with Gasteiger partial charge in [0.2, 0.25) is 10.0 Å². The maximum absolute atomic E-state index is 11.3. The summed E-state index contributed by atoms with van der Waals surface area (Å²) in [7, 11) is 0.0897. The van der Waals surface area contributed by atoms with Crippen LogP contribution in [-0.4, -0.2) is 38.1 Å². The molecule has 0 heterocycles. The van der Waals surface area contributed by atoms with Gasteiger partial charge in [-0.15, -0.1) is 0 Å². The molecule has 5 heteroatoms. The molecular formula is C6H14N2O2S. The average molecular weight is 178 g/mol. The molecule has 11 heavy (non-hydrogen) atoms. The lowest BCUT2D eigenvalue weighted by Crippen LogP contribution is -2.48. The van der Waals surface area contributed by atoms with Crippen LogP contribution in [-0.2, 0) is 10.0 Å². The number of hydrogen-bond acceptors (Lipinski definition) is 3. The fourth-order valence-electron chi connectivity index (χ4n) is 1.15. The van der Waals surface area contributed by atoms with E-state index >= 15 is 0 Å². The molecule has 0 unspecified atom stereocenters. The molecule has 0 aromatic carbocycles. The second-order valence-corrected chi connectivity index (χ2v) is 5.61. The molecule has 66 valence electrons. The molecule has 1 saturated carbocycles. The predicted octanol–water partition coefficient (Wildman–Crippen LogP) is -0.632. The SMILES string of the molecule is CN(C)S(=O)(=O)C1CC(N)C1. The number of nitrogens with zero attached hydrogens (tertiary/aromatic N) is 1. The molecule has 0 saturated heterocycles. The minimum Gasteiger partial charge on any atom is -0.328 e. The van der Waals surface area contributed by atoms with Gasteiger partial charge in [-0.05, 0) is 12.8 Å². The van der Waals surface area contributed by atoms with E-state index in [4.69, 9.17) is 5.73 Å². The van der Waals surface area contributed by atoms with Crippen LogP contribution in [0, 0.1) is 0 Å². The Morgan fingerprint density at radius 1 is 1.36 bits per heavy atom. The van der Waals surface area contributed by atoms with Crippen LogP contribution in [0.2, 0.25) is 0 Å². The van der Waals surface area contributed by atoms with Crippen LogP contribution < -0.4 is 5.73 Å². The van der Waals surface area contributed by atoms with Crippen molar-refractivity contribution in [2.24, 2.45) is 5.73 Å². The van der Waals surface area contributed by atoms with Crippen molar-refractivity contribution in [3.8, 4) is 0 Å². The zero-order valence-corrected chi connectivity index (χ0v) is 7.63. The minimum atomic E-state index is -3.02. The number of nitrogens with two attached hydrogens (primary N) is 1. The van der Waals surface area contributed by atoms with Gasteiger partial charge in [-0.1, -0.05) is 0 Å². The van der Waals surface area contributed by atoms with Crippen molar-refractivity contribution in [3.63, 3.8) is 0 Å². The topological polar surface area (TPSA) is 63.4 Å². The molecule has 2 N–H and O–H groups in total. The van der Waals surface area contributed by atoms with E-state index in [-0.39, 0.29) is 11.3 Å². The zero-order chi connectivity index (χ0) is 8.65. The Morgan fingerprint density at radius 3 is 2.09 bits per heavy atom. The first-order valence-corrected chi connectivity index (χ1v) is 5.12. The molecule has 1 aliphatic carbocycles. The van der Waals surface area contributed by atoms with Gasteiger partial charge in [-0.25, -0.2) is 12.7 Å². The van der Waals surface area contributed by atoms with Crippen molar-refractivity contribution in [3.05, 3.63) is 0 Å². The second-order valence-electron chi connectivity index (χ2n) is 3.18. The van der Waals surface area contributed by atoms with Crippen LogP contribution in [0.25, 0.3) is 0 Å². The summed E-state index contributed by atoms with van der Waals surface area (Å²) in [6.07, 6.45) is 1.22. The summed E-state index contributed by atoms with van der Waals surface area (Å²) in [5.41, 5.74) is 5.48. The average Bonchev–Trinajstić information content (AvgIpc) is 1.80. The summed E-state index contributed by atoms with van der Waals surface area (Å²) < 4.78 is 23.9. The van der Waals surface area contributed by atoms with E-state index in [0.717, 1.165) is 0 Å². The fourth-order valence-corrected chi connectivity index (χ4v) is 2.72. The van der Waals surface area contributed by atoms with Crippen molar-refractivity contribution < 1.29 is 8.42 Å². The maximum atomic E-state index is 11.3. The van der Waals surface area contributed by atoms with Gasteiger partial charge in [0.25, 0.3) is 0 Å². The van der Waals surface area contributed by atoms with Crippen molar-refractivity contribution in [2.45, 2.75) is 24.1 Å². The van der Waals surface area contributed by atoms with Crippen LogP contribution in [0.1, 0.15) is 12.8 Å². The Balaban J connectivity index is 2.62. The van der Waals surface area contributed by atoms with Gasteiger partial charge >= 0.3 is 0 Å². The molecule has 1 rings (SSSR count). The Morgan fingerprint density at radius 2 is 1.82 bits per heavy atom. The monoisotopic (exact) mass is 178 g/mol. The van der Waals surface area contributed by atoms with Gasteiger partial charge in [0, 0.05) is 20.1 Å². The first kappa shape index (κ1) is 8.96. The Hall–Kier alpha value is -0.130. The molecule has 0 bridgehead atoms. The Kier molecular flexibility index (Phi) is 2.22. The smallest absolute Gasteiger partial charge is 0.216 e. The highest BCUT2D eigenvalue weighted by molar-refractivity contribution is 7.89. The number of rotatable bonds is 2. The van der Waals surface area contributed by atoms with Crippen LogP contribution in [0.3, 0.4) is 0 Å². The van der Waals surface area contributed by atoms with Crippen molar-refractivity contribution in [2.75, 3.05) is 14.1 Å². The normalized spacial score (nSPS) is 32.0. The summed E-state index contributed by atoms with van der Waals surface area (Å²) >= 11 is 0. The summed E-state index contributed by atoms with van der Waals surface area (Å²) in [5, 5.41) is -0.229. The molecule has 0 aliphatic heterocycles. The van der Waals surface area contributed by atoms with E-state index in [1.54, 1.807) is 14.1 Å². The van der Waals surface area contributed by atoms with Gasteiger partial charge in [-0.3, -0.25) is 0 Å². The highest BCUT2D eigenvalue weighted by Gasteiger charge is 2.37. The third-order valence-electron chi connectivity index (χ3n) is 2.06. The van der Waals surface area contributed by atoms with Gasteiger partial charge < -0.3 is 5.73 Å². The largest absolute Gasteiger partial charge is 0.328 e. The van der Waals surface area contributed by atoms with Crippen LogP contribution in [0.15, 0.2) is 0 Å². The van der Waals surface area contributed by atoms with E-state index in [1.165, 1.54) is 4.31 Å². The van der Waals surface area contributed by atoms with Crippen molar-refractivity contribution in [1.82, 2.24) is 4.31 Å². The lowest BCUT2D eigenvalue weighted by atomic mass is 9.94. The van der Waals surface area contributed by atoms with E-state index in [0.29, 0.717) is 12.8 Å². The van der Waals surface area contributed by atoms with Gasteiger partial charge in [-0.2, -0.15) is 0 Å². The first-order chi connectivity index (χ1) is 4.94. The third-order valence-corrected chi connectivity index (χ3v) is 4.31. The molecule has 0 amide bonds. The zero-order valence-electron chi connectivity index (χ0n) is 6.82. The Bertz CT molecular complexity index is 229. The highest BCUT2D eigenvalue weighted by Crippen LogP contribution is 2.26. The highest BCUT2D eigenvalue weighted by atomic mass is 32.2. The van der Waals surface area contributed by atoms with Crippen LogP contribution in [0.4, 0.5) is 0 Å². The van der Waals surface area contributed by atoms with E-state index < -0.39 is 10.0 Å². The summed E-state index contributed by atoms with van der Waals surface area (Å²) in [4.78, 5) is 0. The molecule has 1 aliphatic rings. The molecule has 0 atom stereocenters. The number of sulfonamides is 1.